The molecule has 3 rings (SSSR count). The molecule has 0 heterocycles. The molecule has 1 unspecified atom stereocenters. The van der Waals surface area contributed by atoms with Gasteiger partial charge in [0.1, 0.15) is 11.9 Å². The Labute approximate surface area is 197 Å². The molecule has 0 aliphatic heterocycles. The molecule has 3 aromatic rings. The van der Waals surface area contributed by atoms with Crippen LogP contribution in [-0.4, -0.2) is 29.8 Å². The highest BCUT2D eigenvalue weighted by Gasteiger charge is 2.30. The van der Waals surface area contributed by atoms with Crippen molar-refractivity contribution < 1.29 is 14.0 Å². The zero-order chi connectivity index (χ0) is 23.1. The van der Waals surface area contributed by atoms with Gasteiger partial charge in [-0.05, 0) is 29.3 Å². The van der Waals surface area contributed by atoms with Crippen LogP contribution in [0.3, 0.4) is 0 Å². The van der Waals surface area contributed by atoms with Crippen molar-refractivity contribution in [1.82, 2.24) is 10.2 Å². The molecule has 0 bridgehead atoms. The topological polar surface area (TPSA) is 49.4 Å². The zero-order valence-electron chi connectivity index (χ0n) is 17.5. The Balaban J connectivity index is 1.96. The molecule has 166 valence electrons. The molecule has 0 aromatic heterocycles. The average molecular weight is 473 g/mol. The standard InChI is InChI=1S/C25H23Cl2FN2O2/c1-29-25(32)23(14-17-7-3-2-4-8-17)30(16-19-9-5-6-10-22(19)28)24(31)15-18-11-12-20(26)21(27)13-18/h2-13,23H,14-16H2,1H3,(H,29,32). The molecule has 0 aliphatic rings. The summed E-state index contributed by atoms with van der Waals surface area (Å²) in [6.07, 6.45) is 0.287. The molecule has 1 N–H and O–H groups in total. The molecule has 1 atom stereocenters. The summed E-state index contributed by atoms with van der Waals surface area (Å²) in [5, 5.41) is 3.36. The SMILES string of the molecule is CNC(=O)C(Cc1ccccc1)N(Cc1ccccc1F)C(=O)Cc1ccc(Cl)c(Cl)c1. The number of halogens is 3. The monoisotopic (exact) mass is 472 g/mol. The fraction of sp³-hybridized carbons (Fsp3) is 0.200. The molecule has 0 aliphatic carbocycles. The Hall–Kier alpha value is -2.89. The summed E-state index contributed by atoms with van der Waals surface area (Å²) in [6, 6.07) is 19.8. The molecule has 3 aromatic carbocycles. The van der Waals surface area contributed by atoms with E-state index in [1.54, 1.807) is 36.4 Å². The number of benzene rings is 3. The Bertz CT molecular complexity index is 1090. The van der Waals surface area contributed by atoms with Gasteiger partial charge in [0.25, 0.3) is 0 Å². The molecule has 0 saturated heterocycles. The maximum Gasteiger partial charge on any atom is 0.242 e. The maximum atomic E-state index is 14.4. The molecule has 4 nitrogen and oxygen atoms in total. The van der Waals surface area contributed by atoms with Crippen molar-refractivity contribution in [3.8, 4) is 0 Å². The summed E-state index contributed by atoms with van der Waals surface area (Å²) >= 11 is 12.1. The van der Waals surface area contributed by atoms with E-state index in [4.69, 9.17) is 23.2 Å². The van der Waals surface area contributed by atoms with Crippen LogP contribution in [0.15, 0.2) is 72.8 Å². The molecule has 0 radical (unpaired) electrons. The summed E-state index contributed by atoms with van der Waals surface area (Å²) in [5.74, 6) is -1.08. The average Bonchev–Trinajstić information content (AvgIpc) is 2.80. The van der Waals surface area contributed by atoms with Crippen LogP contribution in [0.4, 0.5) is 4.39 Å². The number of nitrogens with zero attached hydrogens (tertiary/aromatic N) is 1. The van der Waals surface area contributed by atoms with E-state index in [0.29, 0.717) is 27.6 Å². The Morgan fingerprint density at radius 2 is 1.62 bits per heavy atom. The van der Waals surface area contributed by atoms with E-state index >= 15 is 0 Å². The Morgan fingerprint density at radius 1 is 0.938 bits per heavy atom. The molecule has 7 heteroatoms. The number of hydrogen-bond donors (Lipinski definition) is 1. The van der Waals surface area contributed by atoms with Crippen LogP contribution in [0.25, 0.3) is 0 Å². The first-order chi connectivity index (χ1) is 15.4. The second-order valence-corrected chi connectivity index (χ2v) is 8.17. The Morgan fingerprint density at radius 3 is 2.28 bits per heavy atom. The van der Waals surface area contributed by atoms with Crippen molar-refractivity contribution in [1.29, 1.82) is 0 Å². The number of carbonyl (C=O) groups is 2. The van der Waals surface area contributed by atoms with Gasteiger partial charge in [0.15, 0.2) is 0 Å². The van der Waals surface area contributed by atoms with Crippen LogP contribution in [0.2, 0.25) is 10.0 Å². The van der Waals surface area contributed by atoms with Gasteiger partial charge in [-0.2, -0.15) is 0 Å². The van der Waals surface area contributed by atoms with Crippen molar-refractivity contribution >= 4 is 35.0 Å². The smallest absolute Gasteiger partial charge is 0.242 e. The van der Waals surface area contributed by atoms with E-state index in [2.05, 4.69) is 5.32 Å². The van der Waals surface area contributed by atoms with E-state index in [-0.39, 0.29) is 24.8 Å². The zero-order valence-corrected chi connectivity index (χ0v) is 19.0. The van der Waals surface area contributed by atoms with E-state index in [1.807, 2.05) is 30.3 Å². The largest absolute Gasteiger partial charge is 0.357 e. The summed E-state index contributed by atoms with van der Waals surface area (Å²) in [6.45, 7) is -0.0439. The normalized spacial score (nSPS) is 11.6. The van der Waals surface area contributed by atoms with Gasteiger partial charge in [-0.1, -0.05) is 77.8 Å². The maximum absolute atomic E-state index is 14.4. The highest BCUT2D eigenvalue weighted by molar-refractivity contribution is 6.42. The molecule has 2 amide bonds. The quantitative estimate of drug-likeness (QED) is 0.497. The number of rotatable bonds is 8. The number of carbonyl (C=O) groups excluding carboxylic acids is 2. The van der Waals surface area contributed by atoms with Crippen LogP contribution in [0.5, 0.6) is 0 Å². The number of likely N-dealkylation sites (N-methyl/N-ethyl adjacent to an activating group) is 1. The van der Waals surface area contributed by atoms with Gasteiger partial charge >= 0.3 is 0 Å². The first kappa shape index (κ1) is 23.8. The molecular weight excluding hydrogens is 450 g/mol. The molecular formula is C25H23Cl2FN2O2. The van der Waals surface area contributed by atoms with Crippen LogP contribution >= 0.6 is 23.2 Å². The van der Waals surface area contributed by atoms with Crippen molar-refractivity contribution in [3.63, 3.8) is 0 Å². The number of nitrogens with one attached hydrogen (secondary N) is 1. The lowest BCUT2D eigenvalue weighted by Crippen LogP contribution is -2.50. The molecule has 0 spiro atoms. The van der Waals surface area contributed by atoms with Gasteiger partial charge in [0, 0.05) is 25.6 Å². The summed E-state index contributed by atoms with van der Waals surface area (Å²) < 4.78 is 14.4. The highest BCUT2D eigenvalue weighted by atomic mass is 35.5. The van der Waals surface area contributed by atoms with Gasteiger partial charge in [-0.15, -0.1) is 0 Å². The van der Waals surface area contributed by atoms with E-state index in [0.717, 1.165) is 5.56 Å². The number of hydrogen-bond acceptors (Lipinski definition) is 2. The lowest BCUT2D eigenvalue weighted by molar-refractivity contribution is -0.140. The van der Waals surface area contributed by atoms with Gasteiger partial charge < -0.3 is 10.2 Å². The predicted octanol–water partition coefficient (Wildman–Crippen LogP) is 5.06. The van der Waals surface area contributed by atoms with E-state index in [9.17, 15) is 14.0 Å². The number of amides is 2. The lowest BCUT2D eigenvalue weighted by Gasteiger charge is -2.31. The predicted molar refractivity (Wildman–Crippen MR) is 125 cm³/mol. The fourth-order valence-corrected chi connectivity index (χ4v) is 3.78. The fourth-order valence-electron chi connectivity index (χ4n) is 3.46. The van der Waals surface area contributed by atoms with Crippen molar-refractivity contribution in [2.75, 3.05) is 7.05 Å². The van der Waals surface area contributed by atoms with Gasteiger partial charge in [-0.3, -0.25) is 9.59 Å². The van der Waals surface area contributed by atoms with E-state index < -0.39 is 11.9 Å². The van der Waals surface area contributed by atoms with Crippen LogP contribution in [0.1, 0.15) is 16.7 Å². The first-order valence-electron chi connectivity index (χ1n) is 10.1. The van der Waals surface area contributed by atoms with E-state index in [1.165, 1.54) is 18.0 Å². The second kappa shape index (κ2) is 11.1. The third-order valence-corrected chi connectivity index (χ3v) is 5.89. The summed E-state index contributed by atoms with van der Waals surface area (Å²) in [4.78, 5) is 27.7. The summed E-state index contributed by atoms with van der Waals surface area (Å²) in [7, 11) is 1.52. The molecule has 32 heavy (non-hydrogen) atoms. The second-order valence-electron chi connectivity index (χ2n) is 7.36. The third-order valence-electron chi connectivity index (χ3n) is 5.16. The van der Waals surface area contributed by atoms with Crippen molar-refractivity contribution in [2.24, 2.45) is 0 Å². The summed E-state index contributed by atoms with van der Waals surface area (Å²) in [5.41, 5.74) is 1.87. The van der Waals surface area contributed by atoms with Crippen LogP contribution in [-0.2, 0) is 29.0 Å². The third kappa shape index (κ3) is 6.09. The van der Waals surface area contributed by atoms with Crippen molar-refractivity contribution in [2.45, 2.75) is 25.4 Å². The minimum atomic E-state index is -0.822. The van der Waals surface area contributed by atoms with Gasteiger partial charge in [-0.25, -0.2) is 4.39 Å². The first-order valence-corrected chi connectivity index (χ1v) is 10.9. The minimum absolute atomic E-state index is 0.00632. The molecule has 0 saturated carbocycles. The molecule has 0 fully saturated rings. The van der Waals surface area contributed by atoms with Gasteiger partial charge in [0.2, 0.25) is 11.8 Å². The van der Waals surface area contributed by atoms with Crippen LogP contribution < -0.4 is 5.32 Å². The van der Waals surface area contributed by atoms with Crippen molar-refractivity contribution in [3.05, 3.63) is 105 Å². The highest BCUT2D eigenvalue weighted by Crippen LogP contribution is 2.24. The van der Waals surface area contributed by atoms with Crippen LogP contribution in [0, 0.1) is 5.82 Å². The lowest BCUT2D eigenvalue weighted by atomic mass is 10.0. The van der Waals surface area contributed by atoms with Gasteiger partial charge in [0.05, 0.1) is 16.5 Å². The minimum Gasteiger partial charge on any atom is -0.357 e. The Kier molecular flexibility index (Phi) is 8.26.